The Morgan fingerprint density at radius 3 is 2.40 bits per heavy atom. The highest BCUT2D eigenvalue weighted by molar-refractivity contribution is 5.94. The summed E-state index contributed by atoms with van der Waals surface area (Å²) >= 11 is 0. The molecule has 0 N–H and O–H groups in total. The highest BCUT2D eigenvalue weighted by atomic mass is 19.1. The van der Waals surface area contributed by atoms with Gasteiger partial charge in [0.05, 0.1) is 5.69 Å². The molecule has 0 bridgehead atoms. The largest absolute Gasteiger partial charge is 0.255 e. The molecular formula is C17H15F2N. The minimum absolute atomic E-state index is 0.313. The van der Waals surface area contributed by atoms with Crippen molar-refractivity contribution in [1.29, 1.82) is 0 Å². The first-order valence-corrected chi connectivity index (χ1v) is 6.55. The maximum atomic E-state index is 13.8. The summed E-state index contributed by atoms with van der Waals surface area (Å²) in [6.07, 6.45) is 1.63. The molecule has 102 valence electrons. The molecule has 0 fully saturated rings. The van der Waals surface area contributed by atoms with Crippen molar-refractivity contribution in [3.8, 4) is 11.3 Å². The zero-order valence-corrected chi connectivity index (χ0v) is 11.4. The lowest BCUT2D eigenvalue weighted by Crippen LogP contribution is -1.90. The zero-order valence-electron chi connectivity index (χ0n) is 11.4. The summed E-state index contributed by atoms with van der Waals surface area (Å²) < 4.78 is 26.7. The second-order valence-corrected chi connectivity index (χ2v) is 4.00. The summed E-state index contributed by atoms with van der Waals surface area (Å²) in [4.78, 5) is 4.21. The number of fused-ring (bicyclic) bond motifs is 1. The van der Waals surface area contributed by atoms with Crippen molar-refractivity contribution in [2.45, 2.75) is 13.8 Å². The first-order valence-electron chi connectivity index (χ1n) is 6.55. The summed E-state index contributed by atoms with van der Waals surface area (Å²) in [6.45, 7) is 4.00. The summed E-state index contributed by atoms with van der Waals surface area (Å²) in [6, 6.07) is 13.0. The van der Waals surface area contributed by atoms with E-state index in [-0.39, 0.29) is 0 Å². The Hall–Kier alpha value is -2.29. The predicted molar refractivity (Wildman–Crippen MR) is 78.4 cm³/mol. The SMILES string of the molecule is CC.Fc1ccc(-c2nccc3ccccc23)c(F)c1. The predicted octanol–water partition coefficient (Wildman–Crippen LogP) is 5.21. The Morgan fingerprint density at radius 1 is 0.900 bits per heavy atom. The van der Waals surface area contributed by atoms with Gasteiger partial charge in [0.25, 0.3) is 0 Å². The van der Waals surface area contributed by atoms with Crippen LogP contribution in [-0.2, 0) is 0 Å². The average Bonchev–Trinajstić information content (AvgIpc) is 2.49. The Balaban J connectivity index is 0.000000704. The summed E-state index contributed by atoms with van der Waals surface area (Å²) in [7, 11) is 0. The lowest BCUT2D eigenvalue weighted by molar-refractivity contribution is 0.585. The molecule has 0 aliphatic heterocycles. The third-order valence-electron chi connectivity index (χ3n) is 2.86. The van der Waals surface area contributed by atoms with Crippen LogP contribution in [0.4, 0.5) is 8.78 Å². The van der Waals surface area contributed by atoms with E-state index in [2.05, 4.69) is 4.98 Å². The van der Waals surface area contributed by atoms with Crippen molar-refractivity contribution < 1.29 is 8.78 Å². The number of rotatable bonds is 1. The van der Waals surface area contributed by atoms with Crippen LogP contribution in [0.3, 0.4) is 0 Å². The third kappa shape index (κ3) is 2.67. The van der Waals surface area contributed by atoms with E-state index in [9.17, 15) is 8.78 Å². The van der Waals surface area contributed by atoms with Gasteiger partial charge in [0.1, 0.15) is 11.6 Å². The molecule has 1 heterocycles. The topological polar surface area (TPSA) is 12.9 Å². The number of halogens is 2. The maximum Gasteiger partial charge on any atom is 0.135 e. The lowest BCUT2D eigenvalue weighted by atomic mass is 10.0. The van der Waals surface area contributed by atoms with E-state index < -0.39 is 11.6 Å². The van der Waals surface area contributed by atoms with Gasteiger partial charge in [-0.2, -0.15) is 0 Å². The van der Waals surface area contributed by atoms with Gasteiger partial charge >= 0.3 is 0 Å². The molecule has 0 aliphatic carbocycles. The Kier molecular flexibility index (Phi) is 4.41. The van der Waals surface area contributed by atoms with E-state index in [1.54, 1.807) is 6.20 Å². The minimum atomic E-state index is -0.598. The second-order valence-electron chi connectivity index (χ2n) is 4.00. The molecule has 0 unspecified atom stereocenters. The van der Waals surface area contributed by atoms with Gasteiger partial charge in [-0.3, -0.25) is 4.98 Å². The highest BCUT2D eigenvalue weighted by Crippen LogP contribution is 2.28. The first-order chi connectivity index (χ1) is 9.75. The van der Waals surface area contributed by atoms with Crippen molar-refractivity contribution >= 4 is 10.8 Å². The molecular weight excluding hydrogens is 256 g/mol. The molecule has 0 radical (unpaired) electrons. The van der Waals surface area contributed by atoms with Crippen LogP contribution in [0.25, 0.3) is 22.0 Å². The molecule has 0 saturated heterocycles. The van der Waals surface area contributed by atoms with E-state index in [0.717, 1.165) is 16.8 Å². The fourth-order valence-corrected chi connectivity index (χ4v) is 2.02. The Bertz CT molecular complexity index is 718. The van der Waals surface area contributed by atoms with Gasteiger partial charge in [-0.05, 0) is 23.6 Å². The van der Waals surface area contributed by atoms with E-state index in [1.807, 2.05) is 44.2 Å². The standard InChI is InChI=1S/C15H9F2N.C2H6/c16-11-5-6-13(14(17)9-11)15-12-4-2-1-3-10(12)7-8-18-15;1-2/h1-9H;1-2H3. The molecule has 2 aromatic carbocycles. The number of benzene rings is 2. The molecule has 1 aromatic heterocycles. The monoisotopic (exact) mass is 271 g/mol. The molecule has 20 heavy (non-hydrogen) atoms. The fourth-order valence-electron chi connectivity index (χ4n) is 2.02. The number of pyridine rings is 1. The second kappa shape index (κ2) is 6.24. The maximum absolute atomic E-state index is 13.8. The van der Waals surface area contributed by atoms with Gasteiger partial charge in [-0.15, -0.1) is 0 Å². The van der Waals surface area contributed by atoms with E-state index in [4.69, 9.17) is 0 Å². The van der Waals surface area contributed by atoms with Crippen LogP contribution in [0.2, 0.25) is 0 Å². The minimum Gasteiger partial charge on any atom is -0.255 e. The van der Waals surface area contributed by atoms with Gasteiger partial charge in [-0.25, -0.2) is 8.78 Å². The molecule has 0 spiro atoms. The zero-order chi connectivity index (χ0) is 14.5. The number of hydrogen-bond acceptors (Lipinski definition) is 1. The summed E-state index contributed by atoms with van der Waals surface area (Å²) in [5.74, 6) is -1.18. The van der Waals surface area contributed by atoms with Crippen molar-refractivity contribution in [3.05, 3.63) is 66.4 Å². The number of nitrogens with zero attached hydrogens (tertiary/aromatic N) is 1. The van der Waals surface area contributed by atoms with Gasteiger partial charge in [0, 0.05) is 23.2 Å². The van der Waals surface area contributed by atoms with Crippen molar-refractivity contribution in [2.24, 2.45) is 0 Å². The van der Waals surface area contributed by atoms with Crippen molar-refractivity contribution in [1.82, 2.24) is 4.98 Å². The van der Waals surface area contributed by atoms with Gasteiger partial charge < -0.3 is 0 Å². The van der Waals surface area contributed by atoms with Gasteiger partial charge in [0.15, 0.2) is 0 Å². The van der Waals surface area contributed by atoms with Gasteiger partial charge in [0.2, 0.25) is 0 Å². The van der Waals surface area contributed by atoms with Crippen LogP contribution in [0.1, 0.15) is 13.8 Å². The van der Waals surface area contributed by atoms with Gasteiger partial charge in [-0.1, -0.05) is 38.1 Å². The fraction of sp³-hybridized carbons (Fsp3) is 0.118. The number of hydrogen-bond donors (Lipinski definition) is 0. The van der Waals surface area contributed by atoms with Crippen molar-refractivity contribution in [3.63, 3.8) is 0 Å². The lowest BCUT2D eigenvalue weighted by Gasteiger charge is -2.06. The van der Waals surface area contributed by atoms with Crippen LogP contribution >= 0.6 is 0 Å². The molecule has 0 amide bonds. The first kappa shape index (κ1) is 14.1. The van der Waals surface area contributed by atoms with Crippen LogP contribution in [0, 0.1) is 11.6 Å². The highest BCUT2D eigenvalue weighted by Gasteiger charge is 2.10. The quantitative estimate of drug-likeness (QED) is 0.592. The van der Waals surface area contributed by atoms with E-state index in [0.29, 0.717) is 11.3 Å². The smallest absolute Gasteiger partial charge is 0.135 e. The Morgan fingerprint density at radius 2 is 1.65 bits per heavy atom. The van der Waals surface area contributed by atoms with E-state index >= 15 is 0 Å². The summed E-state index contributed by atoms with van der Waals surface area (Å²) in [5, 5.41) is 1.83. The molecule has 3 rings (SSSR count). The van der Waals surface area contributed by atoms with Crippen LogP contribution in [-0.4, -0.2) is 4.98 Å². The molecule has 0 saturated carbocycles. The van der Waals surface area contributed by atoms with Crippen LogP contribution in [0.15, 0.2) is 54.7 Å². The van der Waals surface area contributed by atoms with Crippen LogP contribution in [0.5, 0.6) is 0 Å². The number of aromatic nitrogens is 1. The Labute approximate surface area is 116 Å². The van der Waals surface area contributed by atoms with Crippen molar-refractivity contribution in [2.75, 3.05) is 0 Å². The normalized spacial score (nSPS) is 10.0. The van der Waals surface area contributed by atoms with E-state index in [1.165, 1.54) is 12.1 Å². The molecule has 0 atom stereocenters. The molecule has 3 aromatic rings. The third-order valence-corrected chi connectivity index (χ3v) is 2.86. The molecule has 3 heteroatoms. The summed E-state index contributed by atoms with van der Waals surface area (Å²) in [5.41, 5.74) is 0.846. The average molecular weight is 271 g/mol. The molecule has 1 nitrogen and oxygen atoms in total. The molecule has 0 aliphatic rings. The van der Waals surface area contributed by atoms with Crippen LogP contribution < -0.4 is 0 Å².